The van der Waals surface area contributed by atoms with E-state index < -0.39 is 11.2 Å². The fraction of sp³-hybridized carbons (Fsp3) is 0.455. The molecule has 8 heteroatoms. The maximum absolute atomic E-state index is 12.0. The van der Waals surface area contributed by atoms with E-state index in [0.717, 1.165) is 11.0 Å². The van der Waals surface area contributed by atoms with Crippen LogP contribution in [0.5, 0.6) is 0 Å². The molecule has 0 atom stereocenters. The van der Waals surface area contributed by atoms with Crippen molar-refractivity contribution in [2.75, 3.05) is 5.73 Å². The molecule has 0 radical (unpaired) electrons. The topological polar surface area (TPSA) is 101 Å². The second-order valence-corrected chi connectivity index (χ2v) is 4.27. The lowest BCUT2D eigenvalue weighted by atomic mass is 10.4. The molecule has 0 aromatic carbocycles. The van der Waals surface area contributed by atoms with Crippen molar-refractivity contribution in [2.45, 2.75) is 26.4 Å². The molecular formula is C11H16N6O2. The Balaban J connectivity index is 2.47. The molecule has 0 saturated carbocycles. The number of aromatic nitrogens is 5. The Labute approximate surface area is 109 Å². The summed E-state index contributed by atoms with van der Waals surface area (Å²) >= 11 is 0. The standard InChI is InChI=1S/C11H16N6O2/c1-3-4-17-9(13-7-14-17)6-16-10(18)8(12)5-15(2)11(16)19/h5,7H,3-4,6,12H2,1-2H3. The molecule has 0 spiro atoms. The van der Waals surface area contributed by atoms with Gasteiger partial charge < -0.3 is 10.3 Å². The molecule has 2 aromatic rings. The van der Waals surface area contributed by atoms with E-state index in [1.165, 1.54) is 17.1 Å². The van der Waals surface area contributed by atoms with Gasteiger partial charge in [0.1, 0.15) is 17.8 Å². The van der Waals surface area contributed by atoms with Crippen LogP contribution in [0.4, 0.5) is 5.69 Å². The zero-order valence-corrected chi connectivity index (χ0v) is 10.9. The van der Waals surface area contributed by atoms with E-state index in [1.807, 2.05) is 6.92 Å². The molecule has 0 amide bonds. The third kappa shape index (κ3) is 2.42. The number of hydrogen-bond acceptors (Lipinski definition) is 5. The van der Waals surface area contributed by atoms with E-state index in [-0.39, 0.29) is 12.2 Å². The van der Waals surface area contributed by atoms with Crippen molar-refractivity contribution in [1.29, 1.82) is 0 Å². The Bertz CT molecular complexity index is 662. The zero-order valence-electron chi connectivity index (χ0n) is 10.9. The fourth-order valence-corrected chi connectivity index (χ4v) is 1.84. The number of nitrogen functional groups attached to an aromatic ring is 1. The van der Waals surface area contributed by atoms with Gasteiger partial charge in [0.15, 0.2) is 0 Å². The van der Waals surface area contributed by atoms with Crippen LogP contribution in [-0.2, 0) is 20.1 Å². The Morgan fingerprint density at radius 1 is 1.37 bits per heavy atom. The highest BCUT2D eigenvalue weighted by Crippen LogP contribution is 1.98. The molecule has 0 bridgehead atoms. The monoisotopic (exact) mass is 264 g/mol. The summed E-state index contributed by atoms with van der Waals surface area (Å²) in [7, 11) is 1.55. The summed E-state index contributed by atoms with van der Waals surface area (Å²) in [6, 6.07) is 0. The van der Waals surface area contributed by atoms with E-state index in [0.29, 0.717) is 12.4 Å². The van der Waals surface area contributed by atoms with Crippen molar-refractivity contribution < 1.29 is 0 Å². The molecule has 8 nitrogen and oxygen atoms in total. The number of rotatable bonds is 4. The molecule has 0 aliphatic carbocycles. The first-order valence-corrected chi connectivity index (χ1v) is 5.97. The summed E-state index contributed by atoms with van der Waals surface area (Å²) in [5.41, 5.74) is 4.68. The van der Waals surface area contributed by atoms with Crippen molar-refractivity contribution in [3.05, 3.63) is 39.2 Å². The maximum Gasteiger partial charge on any atom is 0.331 e. The van der Waals surface area contributed by atoms with Gasteiger partial charge in [0.05, 0.1) is 6.54 Å². The van der Waals surface area contributed by atoms with Crippen LogP contribution in [-0.4, -0.2) is 23.9 Å². The van der Waals surface area contributed by atoms with Crippen LogP contribution in [0.15, 0.2) is 22.1 Å². The number of aryl methyl sites for hydroxylation is 2. The number of anilines is 1. The normalized spacial score (nSPS) is 10.8. The Hall–Kier alpha value is -2.38. The first-order valence-electron chi connectivity index (χ1n) is 5.97. The molecule has 2 N–H and O–H groups in total. The van der Waals surface area contributed by atoms with E-state index in [1.54, 1.807) is 11.7 Å². The predicted molar refractivity (Wildman–Crippen MR) is 69.8 cm³/mol. The molecule has 0 fully saturated rings. The lowest BCUT2D eigenvalue weighted by Crippen LogP contribution is -2.40. The van der Waals surface area contributed by atoms with E-state index in [2.05, 4.69) is 10.1 Å². The number of nitrogens with two attached hydrogens (primary N) is 1. The van der Waals surface area contributed by atoms with Crippen LogP contribution in [0.3, 0.4) is 0 Å². The van der Waals surface area contributed by atoms with Crippen LogP contribution < -0.4 is 17.0 Å². The smallest absolute Gasteiger partial charge is 0.331 e. The highest BCUT2D eigenvalue weighted by molar-refractivity contribution is 5.30. The van der Waals surface area contributed by atoms with Gasteiger partial charge in [-0.3, -0.25) is 9.36 Å². The van der Waals surface area contributed by atoms with E-state index in [9.17, 15) is 9.59 Å². The minimum atomic E-state index is -0.505. The predicted octanol–water partition coefficient (Wildman–Crippen LogP) is -0.821. The van der Waals surface area contributed by atoms with Gasteiger partial charge in [0.2, 0.25) is 0 Å². The van der Waals surface area contributed by atoms with Crippen LogP contribution in [0.2, 0.25) is 0 Å². The molecule has 19 heavy (non-hydrogen) atoms. The molecular weight excluding hydrogens is 248 g/mol. The Kier molecular flexibility index (Phi) is 3.50. The second-order valence-electron chi connectivity index (χ2n) is 4.27. The molecule has 2 aromatic heterocycles. The molecule has 0 saturated heterocycles. The van der Waals surface area contributed by atoms with Crippen LogP contribution >= 0.6 is 0 Å². The molecule has 0 unspecified atom stereocenters. The summed E-state index contributed by atoms with van der Waals surface area (Å²) in [5.74, 6) is 0.562. The first kappa shape index (κ1) is 13.1. The average molecular weight is 264 g/mol. The van der Waals surface area contributed by atoms with Gasteiger partial charge in [-0.2, -0.15) is 5.10 Å². The second kappa shape index (κ2) is 5.09. The first-order chi connectivity index (χ1) is 9.04. The summed E-state index contributed by atoms with van der Waals surface area (Å²) in [4.78, 5) is 27.9. The van der Waals surface area contributed by atoms with Crippen molar-refractivity contribution in [3.63, 3.8) is 0 Å². The molecule has 2 rings (SSSR count). The van der Waals surface area contributed by atoms with Gasteiger partial charge in [-0.1, -0.05) is 6.92 Å². The molecule has 102 valence electrons. The van der Waals surface area contributed by atoms with Gasteiger partial charge in [-0.05, 0) is 6.42 Å². The van der Waals surface area contributed by atoms with E-state index in [4.69, 9.17) is 5.73 Å². The van der Waals surface area contributed by atoms with Crippen LogP contribution in [0.25, 0.3) is 0 Å². The van der Waals surface area contributed by atoms with Gasteiger partial charge in [-0.25, -0.2) is 14.5 Å². The highest BCUT2D eigenvalue weighted by Gasteiger charge is 2.11. The maximum atomic E-state index is 12.0. The van der Waals surface area contributed by atoms with Crippen molar-refractivity contribution >= 4 is 5.69 Å². The lowest BCUT2D eigenvalue weighted by molar-refractivity contribution is 0.536. The molecule has 0 aliphatic rings. The summed E-state index contributed by atoms with van der Waals surface area (Å²) in [6.45, 7) is 2.76. The van der Waals surface area contributed by atoms with E-state index >= 15 is 0 Å². The Morgan fingerprint density at radius 3 is 2.79 bits per heavy atom. The zero-order chi connectivity index (χ0) is 14.0. The van der Waals surface area contributed by atoms with Crippen LogP contribution in [0.1, 0.15) is 19.2 Å². The lowest BCUT2D eigenvalue weighted by Gasteiger charge is -2.09. The summed E-state index contributed by atoms with van der Waals surface area (Å²) in [6.07, 6.45) is 3.62. The summed E-state index contributed by atoms with van der Waals surface area (Å²) in [5, 5.41) is 4.06. The van der Waals surface area contributed by atoms with Gasteiger partial charge in [0, 0.05) is 19.8 Å². The third-order valence-corrected chi connectivity index (χ3v) is 2.79. The van der Waals surface area contributed by atoms with Gasteiger partial charge in [0.25, 0.3) is 5.56 Å². The fourth-order valence-electron chi connectivity index (χ4n) is 1.84. The van der Waals surface area contributed by atoms with Crippen molar-refractivity contribution in [1.82, 2.24) is 23.9 Å². The number of hydrogen-bond donors (Lipinski definition) is 1. The average Bonchev–Trinajstić information content (AvgIpc) is 2.80. The quantitative estimate of drug-likeness (QED) is 0.777. The van der Waals surface area contributed by atoms with Gasteiger partial charge in [-0.15, -0.1) is 0 Å². The highest BCUT2D eigenvalue weighted by atomic mass is 16.2. The SMILES string of the molecule is CCCn1ncnc1Cn1c(=O)c(N)cn(C)c1=O. The summed E-state index contributed by atoms with van der Waals surface area (Å²) < 4.78 is 4.01. The minimum Gasteiger partial charge on any atom is -0.393 e. The van der Waals surface area contributed by atoms with Crippen LogP contribution in [0, 0.1) is 0 Å². The third-order valence-electron chi connectivity index (χ3n) is 2.79. The number of nitrogens with zero attached hydrogens (tertiary/aromatic N) is 5. The van der Waals surface area contributed by atoms with Crippen molar-refractivity contribution in [2.24, 2.45) is 7.05 Å². The largest absolute Gasteiger partial charge is 0.393 e. The molecule has 2 heterocycles. The minimum absolute atomic E-state index is 0.0312. The van der Waals surface area contributed by atoms with Gasteiger partial charge >= 0.3 is 5.69 Å². The van der Waals surface area contributed by atoms with Crippen molar-refractivity contribution in [3.8, 4) is 0 Å². The molecule has 0 aliphatic heterocycles. The Morgan fingerprint density at radius 2 is 2.11 bits per heavy atom.